The lowest BCUT2D eigenvalue weighted by molar-refractivity contribution is 0.181. The van der Waals surface area contributed by atoms with Gasteiger partial charge in [-0.2, -0.15) is 5.26 Å². The normalized spacial score (nSPS) is 13.7. The second kappa shape index (κ2) is 4.23. The van der Waals surface area contributed by atoms with Gasteiger partial charge in [0.05, 0.1) is 0 Å². The molecule has 0 aliphatic carbocycles. The van der Waals surface area contributed by atoms with E-state index in [9.17, 15) is 0 Å². The Morgan fingerprint density at radius 3 is 2.36 bits per heavy atom. The minimum absolute atomic E-state index is 0.332. The summed E-state index contributed by atoms with van der Waals surface area (Å²) in [6, 6.07) is 0. The number of rotatable bonds is 3. The lowest BCUT2D eigenvalue weighted by Crippen LogP contribution is -2.14. The molecular weight excluding hydrogens is 138 g/mol. The van der Waals surface area contributed by atoms with Gasteiger partial charge in [-0.3, -0.25) is 0 Å². The molecule has 2 nitrogen and oxygen atoms in total. The topological polar surface area (TPSA) is 33.0 Å². The zero-order valence-corrected chi connectivity index (χ0v) is 7.85. The molecule has 1 unspecified atom stereocenters. The molecule has 0 aromatic heterocycles. The summed E-state index contributed by atoms with van der Waals surface area (Å²) in [5.41, 5.74) is 0.332. The van der Waals surface area contributed by atoms with Crippen molar-refractivity contribution >= 4 is 0 Å². The van der Waals surface area contributed by atoms with Gasteiger partial charge in [0.25, 0.3) is 6.26 Å². The van der Waals surface area contributed by atoms with Crippen molar-refractivity contribution in [2.75, 3.05) is 6.61 Å². The Labute approximate surface area is 69.2 Å². The first-order chi connectivity index (χ1) is 4.95. The molecular formula is C9H17NO. The van der Waals surface area contributed by atoms with Crippen LogP contribution in [0.5, 0.6) is 0 Å². The largest absolute Gasteiger partial charge is 0.427 e. The molecule has 0 aliphatic rings. The summed E-state index contributed by atoms with van der Waals surface area (Å²) in [6.07, 6.45) is 2.78. The van der Waals surface area contributed by atoms with E-state index in [1.54, 1.807) is 6.26 Å². The van der Waals surface area contributed by atoms with Gasteiger partial charge in [0.1, 0.15) is 6.61 Å². The molecule has 1 atom stereocenters. The van der Waals surface area contributed by atoms with Crippen molar-refractivity contribution in [1.29, 1.82) is 5.26 Å². The highest BCUT2D eigenvalue weighted by Crippen LogP contribution is 2.23. The number of ether oxygens (including phenoxy) is 1. The second-order valence-electron chi connectivity index (χ2n) is 4.27. The van der Waals surface area contributed by atoms with Crippen molar-refractivity contribution in [3.05, 3.63) is 0 Å². The van der Waals surface area contributed by atoms with Gasteiger partial charge < -0.3 is 4.74 Å². The van der Waals surface area contributed by atoms with Crippen molar-refractivity contribution in [1.82, 2.24) is 0 Å². The van der Waals surface area contributed by atoms with Crippen LogP contribution in [0.25, 0.3) is 0 Å². The lowest BCUT2D eigenvalue weighted by Gasteiger charge is -2.21. The zero-order valence-electron chi connectivity index (χ0n) is 7.85. The molecule has 0 amide bonds. The van der Waals surface area contributed by atoms with Gasteiger partial charge in [-0.1, -0.05) is 27.7 Å². The van der Waals surface area contributed by atoms with Crippen LogP contribution in [-0.4, -0.2) is 6.61 Å². The van der Waals surface area contributed by atoms with Crippen molar-refractivity contribution < 1.29 is 4.74 Å². The average Bonchev–Trinajstić information content (AvgIpc) is 1.79. The SMILES string of the molecule is CC(COC#N)CC(C)(C)C. The van der Waals surface area contributed by atoms with Crippen LogP contribution < -0.4 is 0 Å². The third-order valence-corrected chi connectivity index (χ3v) is 1.39. The number of hydrogen-bond donors (Lipinski definition) is 0. The van der Waals surface area contributed by atoms with Crippen molar-refractivity contribution in [3.63, 3.8) is 0 Å². The maximum Gasteiger partial charge on any atom is 0.286 e. The first-order valence-electron chi connectivity index (χ1n) is 3.96. The molecule has 11 heavy (non-hydrogen) atoms. The van der Waals surface area contributed by atoms with Crippen molar-refractivity contribution in [2.45, 2.75) is 34.1 Å². The Bertz CT molecular complexity index is 141. The molecule has 2 heteroatoms. The van der Waals surface area contributed by atoms with Gasteiger partial charge in [0.15, 0.2) is 0 Å². The molecule has 64 valence electrons. The lowest BCUT2D eigenvalue weighted by atomic mass is 9.86. The highest BCUT2D eigenvalue weighted by atomic mass is 16.5. The number of nitrogens with zero attached hydrogens (tertiary/aromatic N) is 1. The molecule has 0 radical (unpaired) electrons. The predicted molar refractivity (Wildman–Crippen MR) is 44.8 cm³/mol. The van der Waals surface area contributed by atoms with Crippen LogP contribution in [0, 0.1) is 22.9 Å². The van der Waals surface area contributed by atoms with Crippen LogP contribution in [0.1, 0.15) is 34.1 Å². The Kier molecular flexibility index (Phi) is 3.95. The van der Waals surface area contributed by atoms with Gasteiger partial charge >= 0.3 is 0 Å². The van der Waals surface area contributed by atoms with E-state index in [0.29, 0.717) is 17.9 Å². The fourth-order valence-corrected chi connectivity index (χ4v) is 1.28. The molecule has 0 bridgehead atoms. The molecule has 0 fully saturated rings. The van der Waals surface area contributed by atoms with Gasteiger partial charge in [0.2, 0.25) is 0 Å². The molecule has 0 spiro atoms. The summed E-state index contributed by atoms with van der Waals surface area (Å²) in [5.74, 6) is 0.467. The van der Waals surface area contributed by atoms with E-state index in [1.807, 2.05) is 0 Å². The molecule has 0 aromatic rings. The maximum atomic E-state index is 8.14. The second-order valence-corrected chi connectivity index (χ2v) is 4.27. The quantitative estimate of drug-likeness (QED) is 0.587. The smallest absolute Gasteiger partial charge is 0.286 e. The molecule has 0 rings (SSSR count). The summed E-state index contributed by atoms with van der Waals surface area (Å²) in [4.78, 5) is 0. The summed E-state index contributed by atoms with van der Waals surface area (Å²) >= 11 is 0. The first kappa shape index (κ1) is 10.3. The number of nitriles is 1. The van der Waals surface area contributed by atoms with Crippen LogP contribution in [0.4, 0.5) is 0 Å². The van der Waals surface area contributed by atoms with E-state index in [4.69, 9.17) is 5.26 Å². The van der Waals surface area contributed by atoms with E-state index >= 15 is 0 Å². The fourth-order valence-electron chi connectivity index (χ4n) is 1.28. The molecule has 0 heterocycles. The highest BCUT2D eigenvalue weighted by molar-refractivity contribution is 4.66. The van der Waals surface area contributed by atoms with E-state index in [1.165, 1.54) is 0 Å². The van der Waals surface area contributed by atoms with Crippen molar-refractivity contribution in [3.8, 4) is 6.26 Å². The molecule has 0 aliphatic heterocycles. The summed E-state index contributed by atoms with van der Waals surface area (Å²) < 4.78 is 4.65. The Morgan fingerprint density at radius 2 is 2.00 bits per heavy atom. The molecule has 0 N–H and O–H groups in total. The van der Waals surface area contributed by atoms with Crippen LogP contribution in [-0.2, 0) is 4.74 Å². The maximum absolute atomic E-state index is 8.14. The third kappa shape index (κ3) is 7.18. The Balaban J connectivity index is 3.54. The zero-order chi connectivity index (χ0) is 8.91. The summed E-state index contributed by atoms with van der Waals surface area (Å²) in [5, 5.41) is 8.14. The molecule has 0 saturated carbocycles. The van der Waals surface area contributed by atoms with E-state index in [-0.39, 0.29) is 0 Å². The van der Waals surface area contributed by atoms with E-state index < -0.39 is 0 Å². The summed E-state index contributed by atoms with van der Waals surface area (Å²) in [6.45, 7) is 9.22. The van der Waals surface area contributed by atoms with Gasteiger partial charge in [-0.05, 0) is 17.8 Å². The number of hydrogen-bond acceptors (Lipinski definition) is 2. The van der Waals surface area contributed by atoms with Gasteiger partial charge in [0, 0.05) is 0 Å². The van der Waals surface area contributed by atoms with E-state index in [2.05, 4.69) is 32.4 Å². The molecule has 0 aromatic carbocycles. The highest BCUT2D eigenvalue weighted by Gasteiger charge is 2.15. The van der Waals surface area contributed by atoms with Crippen LogP contribution in [0.3, 0.4) is 0 Å². The van der Waals surface area contributed by atoms with Crippen molar-refractivity contribution in [2.24, 2.45) is 11.3 Å². The van der Waals surface area contributed by atoms with E-state index in [0.717, 1.165) is 6.42 Å². The monoisotopic (exact) mass is 155 g/mol. The van der Waals surface area contributed by atoms with Crippen LogP contribution in [0.2, 0.25) is 0 Å². The third-order valence-electron chi connectivity index (χ3n) is 1.39. The minimum Gasteiger partial charge on any atom is -0.427 e. The fraction of sp³-hybridized carbons (Fsp3) is 0.889. The first-order valence-corrected chi connectivity index (χ1v) is 3.96. The summed E-state index contributed by atoms with van der Waals surface area (Å²) in [7, 11) is 0. The predicted octanol–water partition coefficient (Wildman–Crippen LogP) is 2.56. The van der Waals surface area contributed by atoms with Gasteiger partial charge in [-0.15, -0.1) is 0 Å². The van der Waals surface area contributed by atoms with Crippen LogP contribution >= 0.6 is 0 Å². The van der Waals surface area contributed by atoms with Crippen LogP contribution in [0.15, 0.2) is 0 Å². The standard InChI is InChI=1S/C9H17NO/c1-8(6-11-7-10)5-9(2,3)4/h8H,5-6H2,1-4H3. The minimum atomic E-state index is 0.332. The average molecular weight is 155 g/mol. The Morgan fingerprint density at radius 1 is 1.45 bits per heavy atom. The molecule has 0 saturated heterocycles. The Hall–Kier alpha value is -0.710. The van der Waals surface area contributed by atoms with Gasteiger partial charge in [-0.25, -0.2) is 0 Å².